The van der Waals surface area contributed by atoms with Gasteiger partial charge in [0, 0.05) is 5.57 Å². The largest absolute Gasteiger partial charge is 0.499 e. The van der Waals surface area contributed by atoms with Crippen LogP contribution in [0.2, 0.25) is 0 Å². The highest BCUT2D eigenvalue weighted by molar-refractivity contribution is 5.86. The van der Waals surface area contributed by atoms with Gasteiger partial charge in [-0.25, -0.2) is 4.79 Å². The Morgan fingerprint density at radius 1 is 0.692 bits per heavy atom. The molecule has 8 heteroatoms. The monoisotopic (exact) mass is 376 g/mol. The molecule has 0 N–H and O–H groups in total. The van der Waals surface area contributed by atoms with E-state index in [4.69, 9.17) is 33.2 Å². The Morgan fingerprint density at radius 3 is 1.38 bits per heavy atom. The van der Waals surface area contributed by atoms with Crippen LogP contribution < -0.4 is 0 Å². The van der Waals surface area contributed by atoms with Crippen LogP contribution in [0.1, 0.15) is 6.92 Å². The van der Waals surface area contributed by atoms with Crippen molar-refractivity contribution in [1.82, 2.24) is 0 Å². The van der Waals surface area contributed by atoms with Gasteiger partial charge in [-0.2, -0.15) is 0 Å². The van der Waals surface area contributed by atoms with E-state index in [2.05, 4.69) is 13.2 Å². The summed E-state index contributed by atoms with van der Waals surface area (Å²) in [5, 5.41) is 0. The fourth-order valence-corrected chi connectivity index (χ4v) is 1.49. The molecule has 0 saturated heterocycles. The lowest BCUT2D eigenvalue weighted by molar-refractivity contribution is -0.140. The fourth-order valence-electron chi connectivity index (χ4n) is 1.49. The van der Waals surface area contributed by atoms with E-state index in [-0.39, 0.29) is 6.61 Å². The molecule has 0 amide bonds. The van der Waals surface area contributed by atoms with E-state index < -0.39 is 5.97 Å². The predicted molar refractivity (Wildman–Crippen MR) is 96.0 cm³/mol. The van der Waals surface area contributed by atoms with E-state index in [1.165, 1.54) is 6.26 Å². The average Bonchev–Trinajstić information content (AvgIpc) is 2.63. The van der Waals surface area contributed by atoms with Crippen molar-refractivity contribution in [3.05, 3.63) is 25.0 Å². The molecule has 0 aromatic carbocycles. The van der Waals surface area contributed by atoms with Crippen molar-refractivity contribution in [1.29, 1.82) is 0 Å². The Bertz CT molecular complexity index is 359. The maximum atomic E-state index is 11.1. The summed E-state index contributed by atoms with van der Waals surface area (Å²) in [5.74, 6) is -0.406. The molecule has 0 radical (unpaired) electrons. The third-order valence-electron chi connectivity index (χ3n) is 2.76. The van der Waals surface area contributed by atoms with Gasteiger partial charge in [0.25, 0.3) is 0 Å². The number of ether oxygens (including phenoxy) is 7. The molecule has 0 spiro atoms. The van der Waals surface area contributed by atoms with Crippen molar-refractivity contribution in [2.45, 2.75) is 6.92 Å². The minimum absolute atomic E-state index is 0.211. The summed E-state index contributed by atoms with van der Waals surface area (Å²) in [6.45, 7) is 14.0. The van der Waals surface area contributed by atoms with Crippen LogP contribution in [0.3, 0.4) is 0 Å². The van der Waals surface area contributed by atoms with E-state index in [0.29, 0.717) is 78.2 Å². The third-order valence-corrected chi connectivity index (χ3v) is 2.76. The molecule has 152 valence electrons. The third kappa shape index (κ3) is 18.9. The number of carbonyl (C=O) groups is 1. The number of esters is 1. The van der Waals surface area contributed by atoms with Crippen LogP contribution in [0.25, 0.3) is 0 Å². The first kappa shape index (κ1) is 24.6. The van der Waals surface area contributed by atoms with Gasteiger partial charge in [0.1, 0.15) is 13.2 Å². The average molecular weight is 376 g/mol. The lowest BCUT2D eigenvalue weighted by Gasteiger charge is -2.08. The maximum absolute atomic E-state index is 11.1. The zero-order valence-electron chi connectivity index (χ0n) is 15.7. The first-order valence-corrected chi connectivity index (χ1v) is 8.62. The second-order valence-electron chi connectivity index (χ2n) is 5.02. The van der Waals surface area contributed by atoms with Gasteiger partial charge in [-0.3, -0.25) is 0 Å². The number of rotatable bonds is 20. The van der Waals surface area contributed by atoms with Crippen molar-refractivity contribution in [2.75, 3.05) is 79.3 Å². The van der Waals surface area contributed by atoms with Gasteiger partial charge in [-0.15, -0.1) is 0 Å². The summed E-state index contributed by atoms with van der Waals surface area (Å²) in [6, 6.07) is 0. The van der Waals surface area contributed by atoms with Crippen LogP contribution in [0.15, 0.2) is 25.0 Å². The lowest BCUT2D eigenvalue weighted by atomic mass is 10.4. The molecule has 0 aliphatic rings. The molecular weight excluding hydrogens is 344 g/mol. The first-order valence-electron chi connectivity index (χ1n) is 8.62. The van der Waals surface area contributed by atoms with Gasteiger partial charge in [-0.1, -0.05) is 13.2 Å². The van der Waals surface area contributed by atoms with E-state index in [0.717, 1.165) is 0 Å². The van der Waals surface area contributed by atoms with E-state index in [9.17, 15) is 4.79 Å². The van der Waals surface area contributed by atoms with Crippen molar-refractivity contribution in [3.63, 3.8) is 0 Å². The summed E-state index contributed by atoms with van der Waals surface area (Å²) in [7, 11) is 0. The Labute approximate surface area is 156 Å². The molecule has 0 unspecified atom stereocenters. The van der Waals surface area contributed by atoms with Crippen molar-refractivity contribution >= 4 is 5.97 Å². The smallest absolute Gasteiger partial charge is 0.333 e. The zero-order valence-corrected chi connectivity index (χ0v) is 15.7. The predicted octanol–water partition coefficient (Wildman–Crippen LogP) is 1.35. The Morgan fingerprint density at radius 2 is 1.04 bits per heavy atom. The highest BCUT2D eigenvalue weighted by Crippen LogP contribution is 1.91. The molecule has 0 aromatic rings. The summed E-state index contributed by atoms with van der Waals surface area (Å²) in [4.78, 5) is 11.1. The highest BCUT2D eigenvalue weighted by atomic mass is 16.6. The standard InChI is InChI=1S/C18H32O8/c1-4-20-5-6-21-7-8-22-9-10-23-11-12-24-13-14-25-15-16-26-18(19)17(2)3/h4H,1-2,5-16H2,3H3. The number of carbonyl (C=O) groups excluding carboxylic acids is 1. The highest BCUT2D eigenvalue weighted by Gasteiger charge is 2.01. The number of hydrogen-bond donors (Lipinski definition) is 0. The molecule has 0 aliphatic carbocycles. The van der Waals surface area contributed by atoms with Gasteiger partial charge in [-0.05, 0) is 6.92 Å². The lowest BCUT2D eigenvalue weighted by Crippen LogP contribution is -2.15. The van der Waals surface area contributed by atoms with Crippen LogP contribution in [-0.2, 0) is 38.0 Å². The van der Waals surface area contributed by atoms with Crippen LogP contribution in [-0.4, -0.2) is 85.3 Å². The Kier molecular flexibility index (Phi) is 18.8. The molecule has 26 heavy (non-hydrogen) atoms. The molecule has 0 bridgehead atoms. The van der Waals surface area contributed by atoms with Gasteiger partial charge in [0.05, 0.1) is 72.3 Å². The van der Waals surface area contributed by atoms with Crippen molar-refractivity contribution in [2.24, 2.45) is 0 Å². The SMILES string of the molecule is C=COCCOCCOCCOCCOCCOCCOC(=O)C(=C)C. The van der Waals surface area contributed by atoms with Crippen LogP contribution in [0, 0.1) is 0 Å². The van der Waals surface area contributed by atoms with Crippen LogP contribution in [0.4, 0.5) is 0 Å². The Balaban J connectivity index is 3.06. The molecule has 0 aromatic heterocycles. The second-order valence-corrected chi connectivity index (χ2v) is 5.02. The van der Waals surface area contributed by atoms with Gasteiger partial charge >= 0.3 is 5.97 Å². The number of hydrogen-bond acceptors (Lipinski definition) is 8. The van der Waals surface area contributed by atoms with Gasteiger partial charge in [0.2, 0.25) is 0 Å². The normalized spacial score (nSPS) is 10.5. The van der Waals surface area contributed by atoms with Crippen molar-refractivity contribution < 1.29 is 38.0 Å². The molecule has 0 fully saturated rings. The molecule has 0 rings (SSSR count). The van der Waals surface area contributed by atoms with E-state index >= 15 is 0 Å². The van der Waals surface area contributed by atoms with Gasteiger partial charge < -0.3 is 33.2 Å². The zero-order chi connectivity index (χ0) is 19.3. The molecule has 0 aliphatic heterocycles. The Hall–Kier alpha value is -1.45. The molecule has 0 atom stereocenters. The molecule has 0 saturated carbocycles. The minimum Gasteiger partial charge on any atom is -0.499 e. The summed E-state index contributed by atoms with van der Waals surface area (Å²) in [6.07, 6.45) is 1.39. The maximum Gasteiger partial charge on any atom is 0.333 e. The van der Waals surface area contributed by atoms with E-state index in [1.54, 1.807) is 6.92 Å². The molecule has 0 heterocycles. The first-order chi connectivity index (χ1) is 12.7. The summed E-state index contributed by atoms with van der Waals surface area (Å²) in [5.41, 5.74) is 0.376. The summed E-state index contributed by atoms with van der Waals surface area (Å²) >= 11 is 0. The quantitative estimate of drug-likeness (QED) is 0.136. The fraction of sp³-hybridized carbons (Fsp3) is 0.722. The van der Waals surface area contributed by atoms with Crippen LogP contribution >= 0.6 is 0 Å². The second kappa shape index (κ2) is 19.9. The topological polar surface area (TPSA) is 81.7 Å². The van der Waals surface area contributed by atoms with Crippen LogP contribution in [0.5, 0.6) is 0 Å². The molecular formula is C18H32O8. The van der Waals surface area contributed by atoms with Crippen molar-refractivity contribution in [3.8, 4) is 0 Å². The van der Waals surface area contributed by atoms with Gasteiger partial charge in [0.15, 0.2) is 0 Å². The minimum atomic E-state index is -0.406. The summed E-state index contributed by atoms with van der Waals surface area (Å²) < 4.78 is 36.4. The molecule has 8 nitrogen and oxygen atoms in total. The van der Waals surface area contributed by atoms with E-state index in [1.807, 2.05) is 0 Å².